The standard InChI is InChI=1S/C22H24N4O2S2/c1-14(20(27)24-19-12-5-8-15-7-3-4-11-18(15)19)29-22-26-25-21(30-22)23-16-9-6-10-17(13-16)28-2/h3-4,6-7,9-11,13-14,19H,5,8,12H2,1-2H3,(H,23,25)(H,24,27)/t14-,19+/m1/s1. The van der Waals surface area contributed by atoms with E-state index in [0.29, 0.717) is 5.13 Å². The molecule has 3 aromatic rings. The number of amides is 1. The number of aromatic nitrogens is 2. The number of ether oxygens (including phenoxy) is 1. The zero-order valence-corrected chi connectivity index (χ0v) is 18.6. The van der Waals surface area contributed by atoms with Crippen LogP contribution in [0.1, 0.15) is 36.9 Å². The van der Waals surface area contributed by atoms with Crippen molar-refractivity contribution in [2.24, 2.45) is 0 Å². The molecule has 156 valence electrons. The van der Waals surface area contributed by atoms with Crippen molar-refractivity contribution in [2.45, 2.75) is 41.8 Å². The van der Waals surface area contributed by atoms with Crippen LogP contribution in [0.3, 0.4) is 0 Å². The summed E-state index contributed by atoms with van der Waals surface area (Å²) >= 11 is 2.86. The lowest BCUT2D eigenvalue weighted by atomic mass is 9.88. The van der Waals surface area contributed by atoms with Crippen molar-refractivity contribution in [3.8, 4) is 5.75 Å². The predicted octanol–water partition coefficient (Wildman–Crippen LogP) is 4.96. The van der Waals surface area contributed by atoms with Crippen LogP contribution in [0.4, 0.5) is 10.8 Å². The van der Waals surface area contributed by atoms with Gasteiger partial charge in [0.1, 0.15) is 5.75 Å². The maximum Gasteiger partial charge on any atom is 0.233 e. The average molecular weight is 441 g/mol. The van der Waals surface area contributed by atoms with Crippen molar-refractivity contribution in [3.63, 3.8) is 0 Å². The first kappa shape index (κ1) is 20.7. The number of aryl methyl sites for hydroxylation is 1. The monoisotopic (exact) mass is 440 g/mol. The molecule has 1 amide bonds. The number of nitrogens with one attached hydrogen (secondary N) is 2. The van der Waals surface area contributed by atoms with E-state index in [1.165, 1.54) is 34.2 Å². The largest absolute Gasteiger partial charge is 0.497 e. The Morgan fingerprint density at radius 2 is 2.10 bits per heavy atom. The van der Waals surface area contributed by atoms with Crippen LogP contribution in [0.25, 0.3) is 0 Å². The minimum Gasteiger partial charge on any atom is -0.497 e. The number of hydrogen-bond acceptors (Lipinski definition) is 7. The number of hydrogen-bond donors (Lipinski definition) is 2. The molecule has 2 N–H and O–H groups in total. The zero-order chi connectivity index (χ0) is 20.9. The summed E-state index contributed by atoms with van der Waals surface area (Å²) in [7, 11) is 1.64. The topological polar surface area (TPSA) is 76.1 Å². The highest BCUT2D eigenvalue weighted by Gasteiger charge is 2.24. The maximum atomic E-state index is 12.8. The van der Waals surface area contributed by atoms with Crippen LogP contribution in [-0.2, 0) is 11.2 Å². The first-order valence-electron chi connectivity index (χ1n) is 9.92. The summed E-state index contributed by atoms with van der Waals surface area (Å²) in [6, 6.07) is 16.1. The predicted molar refractivity (Wildman–Crippen MR) is 122 cm³/mol. The van der Waals surface area contributed by atoms with Gasteiger partial charge < -0.3 is 15.4 Å². The van der Waals surface area contributed by atoms with Crippen LogP contribution in [0.2, 0.25) is 0 Å². The van der Waals surface area contributed by atoms with E-state index in [9.17, 15) is 4.79 Å². The molecule has 0 fully saturated rings. The summed E-state index contributed by atoms with van der Waals surface area (Å²) in [6.07, 6.45) is 3.16. The van der Waals surface area contributed by atoms with Gasteiger partial charge in [-0.2, -0.15) is 0 Å². The van der Waals surface area contributed by atoms with Crippen LogP contribution >= 0.6 is 23.1 Å². The van der Waals surface area contributed by atoms with Crippen molar-refractivity contribution in [1.29, 1.82) is 0 Å². The van der Waals surface area contributed by atoms with Crippen molar-refractivity contribution in [2.75, 3.05) is 12.4 Å². The molecule has 1 heterocycles. The molecule has 0 aliphatic heterocycles. The Hall–Kier alpha value is -2.58. The van der Waals surface area contributed by atoms with Crippen molar-refractivity contribution < 1.29 is 9.53 Å². The highest BCUT2D eigenvalue weighted by Crippen LogP contribution is 2.33. The van der Waals surface area contributed by atoms with Crippen LogP contribution in [0.5, 0.6) is 5.75 Å². The molecule has 0 spiro atoms. The van der Waals surface area contributed by atoms with E-state index in [1.54, 1.807) is 7.11 Å². The maximum absolute atomic E-state index is 12.8. The summed E-state index contributed by atoms with van der Waals surface area (Å²) in [5.74, 6) is 0.799. The molecule has 0 bridgehead atoms. The Morgan fingerprint density at radius 1 is 1.23 bits per heavy atom. The SMILES string of the molecule is COc1cccc(Nc2nnc(S[C@H](C)C(=O)N[C@H]3CCCc4ccccc43)s2)c1. The zero-order valence-electron chi connectivity index (χ0n) is 16.9. The smallest absolute Gasteiger partial charge is 0.233 e. The number of thioether (sulfide) groups is 1. The van der Waals surface area contributed by atoms with Gasteiger partial charge in [-0.1, -0.05) is 53.4 Å². The van der Waals surface area contributed by atoms with E-state index in [2.05, 4.69) is 39.0 Å². The Morgan fingerprint density at radius 3 is 2.97 bits per heavy atom. The van der Waals surface area contributed by atoms with Crippen molar-refractivity contribution in [3.05, 3.63) is 59.7 Å². The van der Waals surface area contributed by atoms with Crippen molar-refractivity contribution in [1.82, 2.24) is 15.5 Å². The second-order valence-corrected chi connectivity index (χ2v) is 9.71. The number of methoxy groups -OCH3 is 1. The van der Waals surface area contributed by atoms with Gasteiger partial charge >= 0.3 is 0 Å². The van der Waals surface area contributed by atoms with Crippen LogP contribution in [-0.4, -0.2) is 28.5 Å². The Kier molecular flexibility index (Phi) is 6.54. The minimum absolute atomic E-state index is 0.0270. The molecule has 0 saturated heterocycles. The van der Waals surface area contributed by atoms with Crippen molar-refractivity contribution >= 4 is 39.8 Å². The molecule has 0 saturated carbocycles. The second kappa shape index (κ2) is 9.49. The summed E-state index contributed by atoms with van der Waals surface area (Å²) in [6.45, 7) is 1.91. The fourth-order valence-electron chi connectivity index (χ4n) is 3.53. The molecule has 8 heteroatoms. The number of anilines is 2. The molecule has 1 aliphatic rings. The van der Waals surface area contributed by atoms with Gasteiger partial charge in [-0.25, -0.2) is 0 Å². The highest BCUT2D eigenvalue weighted by atomic mass is 32.2. The first-order chi connectivity index (χ1) is 14.6. The van der Waals surface area contributed by atoms with E-state index in [-0.39, 0.29) is 17.2 Å². The molecule has 30 heavy (non-hydrogen) atoms. The lowest BCUT2D eigenvalue weighted by Crippen LogP contribution is -2.35. The average Bonchev–Trinajstić information content (AvgIpc) is 3.20. The van der Waals surface area contributed by atoms with E-state index < -0.39 is 0 Å². The molecule has 4 rings (SSSR count). The second-order valence-electron chi connectivity index (χ2n) is 7.14. The molecule has 0 unspecified atom stereocenters. The number of benzene rings is 2. The number of carbonyl (C=O) groups excluding carboxylic acids is 1. The Balaban J connectivity index is 1.35. The first-order valence-corrected chi connectivity index (χ1v) is 11.6. The van der Waals surface area contributed by atoms with E-state index in [1.807, 2.05) is 37.3 Å². The minimum atomic E-state index is -0.253. The molecule has 1 aromatic heterocycles. The fourth-order valence-corrected chi connectivity index (χ4v) is 5.46. The summed E-state index contributed by atoms with van der Waals surface area (Å²) in [5.41, 5.74) is 3.46. The molecular formula is C22H24N4O2S2. The van der Waals surface area contributed by atoms with Gasteiger partial charge in [0, 0.05) is 11.8 Å². The van der Waals surface area contributed by atoms with E-state index in [0.717, 1.165) is 35.0 Å². The molecule has 0 radical (unpaired) electrons. The number of carbonyl (C=O) groups is 1. The third-order valence-corrected chi connectivity index (χ3v) is 7.08. The molecule has 2 atom stereocenters. The number of nitrogens with zero attached hydrogens (tertiary/aromatic N) is 2. The van der Waals surface area contributed by atoms with E-state index >= 15 is 0 Å². The lowest BCUT2D eigenvalue weighted by molar-refractivity contribution is -0.121. The molecule has 6 nitrogen and oxygen atoms in total. The number of fused-ring (bicyclic) bond motifs is 1. The quantitative estimate of drug-likeness (QED) is 0.506. The van der Waals surface area contributed by atoms with Gasteiger partial charge in [0.05, 0.1) is 18.4 Å². The summed E-state index contributed by atoms with van der Waals surface area (Å²) < 4.78 is 6.00. The fraction of sp³-hybridized carbons (Fsp3) is 0.318. The van der Waals surface area contributed by atoms with E-state index in [4.69, 9.17) is 4.74 Å². The lowest BCUT2D eigenvalue weighted by Gasteiger charge is -2.27. The Bertz CT molecular complexity index is 1020. The molecular weight excluding hydrogens is 416 g/mol. The van der Waals surface area contributed by atoms with Crippen LogP contribution in [0.15, 0.2) is 52.9 Å². The van der Waals surface area contributed by atoms with Gasteiger partial charge in [-0.3, -0.25) is 4.79 Å². The summed E-state index contributed by atoms with van der Waals surface area (Å²) in [5, 5.41) is 15.3. The van der Waals surface area contributed by atoms with Gasteiger partial charge in [0.2, 0.25) is 11.0 Å². The molecule has 2 aromatic carbocycles. The van der Waals surface area contributed by atoms with Gasteiger partial charge in [-0.05, 0) is 49.4 Å². The third-order valence-electron chi connectivity index (χ3n) is 5.06. The van der Waals surface area contributed by atoms with Gasteiger partial charge in [0.15, 0.2) is 4.34 Å². The third kappa shape index (κ3) is 4.94. The highest BCUT2D eigenvalue weighted by molar-refractivity contribution is 8.02. The van der Waals surface area contributed by atoms with Gasteiger partial charge in [0.25, 0.3) is 0 Å². The molecule has 1 aliphatic carbocycles. The number of rotatable bonds is 7. The van der Waals surface area contributed by atoms with Crippen LogP contribution in [0, 0.1) is 0 Å². The summed E-state index contributed by atoms with van der Waals surface area (Å²) in [4.78, 5) is 12.8. The van der Waals surface area contributed by atoms with Crippen LogP contribution < -0.4 is 15.4 Å². The Labute approximate surface area is 184 Å². The van der Waals surface area contributed by atoms with Gasteiger partial charge in [-0.15, -0.1) is 10.2 Å². The normalized spacial score (nSPS) is 16.4.